The van der Waals surface area contributed by atoms with Gasteiger partial charge in [0.2, 0.25) is 5.60 Å². The Morgan fingerprint density at radius 3 is 2.22 bits per heavy atom. The summed E-state index contributed by atoms with van der Waals surface area (Å²) >= 11 is 0. The summed E-state index contributed by atoms with van der Waals surface area (Å²) in [6, 6.07) is 20.5. The third-order valence-electron chi connectivity index (χ3n) is 8.20. The molecule has 0 spiro atoms. The second-order valence-electron chi connectivity index (χ2n) is 10.4. The second-order valence-corrected chi connectivity index (χ2v) is 10.4. The summed E-state index contributed by atoms with van der Waals surface area (Å²) in [5.74, 6) is 0.0581. The van der Waals surface area contributed by atoms with Crippen LogP contribution in [-0.4, -0.2) is 58.7 Å². The average molecular weight is 564 g/mol. The predicted molar refractivity (Wildman–Crippen MR) is 134 cm³/mol. The molecule has 0 radical (unpaired) electrons. The summed E-state index contributed by atoms with van der Waals surface area (Å²) in [6.07, 6.45) is 3.75. The van der Waals surface area contributed by atoms with Gasteiger partial charge in [-0.1, -0.05) is 54.6 Å². The number of fused-ring (bicyclic) bond motifs is 5. The van der Waals surface area contributed by atoms with E-state index in [-0.39, 0.29) is 34.9 Å². The highest BCUT2D eigenvalue weighted by atomic mass is 79.9. The molecule has 3 aromatic rings. The van der Waals surface area contributed by atoms with Crippen LogP contribution >= 0.6 is 0 Å². The van der Waals surface area contributed by atoms with Crippen LogP contribution in [0, 0.1) is 5.92 Å². The number of aromatic nitrogens is 1. The first-order chi connectivity index (χ1) is 17.5. The summed E-state index contributed by atoms with van der Waals surface area (Å²) in [6.45, 7) is 2.65. The van der Waals surface area contributed by atoms with Crippen LogP contribution in [0.25, 0.3) is 0 Å². The molecule has 8 heteroatoms. The Labute approximate surface area is 226 Å². The minimum atomic E-state index is -1.85. The van der Waals surface area contributed by atoms with Crippen LogP contribution < -0.4 is 22.3 Å². The van der Waals surface area contributed by atoms with Gasteiger partial charge >= 0.3 is 5.97 Å². The Bertz CT molecular complexity index is 1260. The standard InChI is InChI=1S/C29H29N3O4.BrH/c33-27(31-26-11-5-6-14-30-26)19-32-15-12-20(13-16-32)25(18-32)36-28(34)29(35)23-9-3-1-7-21(23)17-22-8-2-4-10-24(22)29;/h1-11,14,20,25,35H,12-13,15-19H2;1H/t20?,25-,32?;/m0./s1. The van der Waals surface area contributed by atoms with Crippen molar-refractivity contribution in [3.05, 3.63) is 95.2 Å². The highest BCUT2D eigenvalue weighted by Crippen LogP contribution is 2.42. The van der Waals surface area contributed by atoms with Gasteiger partial charge in [-0.05, 0) is 29.7 Å². The van der Waals surface area contributed by atoms with Gasteiger partial charge in [0.1, 0.15) is 12.4 Å². The molecule has 0 unspecified atom stereocenters. The third-order valence-corrected chi connectivity index (χ3v) is 8.20. The first-order valence-electron chi connectivity index (χ1n) is 12.6. The number of esters is 1. The van der Waals surface area contributed by atoms with E-state index in [2.05, 4.69) is 10.3 Å². The van der Waals surface area contributed by atoms with Gasteiger partial charge in [-0.2, -0.15) is 0 Å². The van der Waals surface area contributed by atoms with Crippen molar-refractivity contribution in [3.63, 3.8) is 0 Å². The zero-order valence-electron chi connectivity index (χ0n) is 20.5. The van der Waals surface area contributed by atoms with E-state index in [0.29, 0.717) is 40.9 Å². The van der Waals surface area contributed by atoms with Crippen LogP contribution in [-0.2, 0) is 26.3 Å². The van der Waals surface area contributed by atoms with Gasteiger partial charge in [0.15, 0.2) is 12.6 Å². The molecule has 3 saturated heterocycles. The predicted octanol–water partition coefficient (Wildman–Crippen LogP) is 0.0166. The number of benzene rings is 2. The maximum Gasteiger partial charge on any atom is 0.348 e. The van der Waals surface area contributed by atoms with Crippen molar-refractivity contribution < 1.29 is 40.9 Å². The minimum Gasteiger partial charge on any atom is -1.00 e. The number of aliphatic hydroxyl groups is 1. The van der Waals surface area contributed by atoms with Gasteiger partial charge in [-0.25, -0.2) is 9.78 Å². The summed E-state index contributed by atoms with van der Waals surface area (Å²) in [5.41, 5.74) is 1.19. The number of nitrogens with one attached hydrogen (secondary N) is 1. The maximum absolute atomic E-state index is 13.8. The normalized spacial score (nSPS) is 24.7. The van der Waals surface area contributed by atoms with E-state index in [9.17, 15) is 14.7 Å². The molecule has 2 bridgehead atoms. The number of anilines is 1. The number of halogens is 1. The van der Waals surface area contributed by atoms with Gasteiger partial charge in [0, 0.05) is 36.1 Å². The van der Waals surface area contributed by atoms with Gasteiger partial charge in [-0.3, -0.25) is 4.79 Å². The molecule has 7 nitrogen and oxygen atoms in total. The summed E-state index contributed by atoms with van der Waals surface area (Å²) in [5, 5.41) is 14.9. The number of amides is 1. The number of piperidine rings is 3. The molecule has 1 atom stereocenters. The monoisotopic (exact) mass is 563 g/mol. The molecule has 4 aliphatic rings. The van der Waals surface area contributed by atoms with Crippen LogP contribution in [0.1, 0.15) is 35.1 Å². The number of nitrogens with zero attached hydrogens (tertiary/aromatic N) is 2. The molecule has 3 fully saturated rings. The van der Waals surface area contributed by atoms with E-state index >= 15 is 0 Å². The van der Waals surface area contributed by atoms with E-state index < -0.39 is 11.6 Å². The first-order valence-corrected chi connectivity index (χ1v) is 12.6. The molecule has 7 rings (SSSR count). The zero-order chi connectivity index (χ0) is 24.8. The number of hydrogen-bond acceptors (Lipinski definition) is 5. The number of hydrogen-bond donors (Lipinski definition) is 2. The molecule has 1 amide bonds. The van der Waals surface area contributed by atoms with Gasteiger partial charge in [0.25, 0.3) is 5.91 Å². The lowest BCUT2D eigenvalue weighted by atomic mass is 9.74. The molecule has 3 aliphatic heterocycles. The van der Waals surface area contributed by atoms with Crippen LogP contribution in [0.3, 0.4) is 0 Å². The highest BCUT2D eigenvalue weighted by molar-refractivity contribution is 5.90. The lowest BCUT2D eigenvalue weighted by Gasteiger charge is -2.51. The van der Waals surface area contributed by atoms with E-state index in [0.717, 1.165) is 37.1 Å². The molecule has 4 heterocycles. The van der Waals surface area contributed by atoms with Crippen molar-refractivity contribution in [2.24, 2.45) is 5.92 Å². The minimum absolute atomic E-state index is 0. The smallest absolute Gasteiger partial charge is 0.348 e. The Morgan fingerprint density at radius 1 is 0.973 bits per heavy atom. The Morgan fingerprint density at radius 2 is 1.59 bits per heavy atom. The topological polar surface area (TPSA) is 88.5 Å². The number of ether oxygens (including phenoxy) is 1. The van der Waals surface area contributed by atoms with Crippen molar-refractivity contribution in [3.8, 4) is 0 Å². The summed E-state index contributed by atoms with van der Waals surface area (Å²) < 4.78 is 6.74. The van der Waals surface area contributed by atoms with Crippen molar-refractivity contribution in [1.82, 2.24) is 4.98 Å². The number of quaternary nitrogens is 1. The van der Waals surface area contributed by atoms with E-state index in [4.69, 9.17) is 4.74 Å². The van der Waals surface area contributed by atoms with Crippen molar-refractivity contribution in [2.45, 2.75) is 31.0 Å². The molecule has 1 aromatic heterocycles. The fraction of sp³-hybridized carbons (Fsp3) is 0.345. The molecule has 2 N–H and O–H groups in total. The second kappa shape index (κ2) is 10.0. The number of pyridine rings is 1. The van der Waals surface area contributed by atoms with Crippen LogP contribution in [0.2, 0.25) is 0 Å². The summed E-state index contributed by atoms with van der Waals surface area (Å²) in [4.78, 5) is 30.8. The molecule has 2 aromatic carbocycles. The first kappa shape index (κ1) is 25.6. The number of carbonyl (C=O) groups is 2. The third kappa shape index (κ3) is 4.58. The SMILES string of the molecule is O=C(C[N+]12CCC(CC1)[C@@H](OC(=O)C1(O)c3ccccc3Cc3ccccc31)C2)Nc1ccccn1.[Br-]. The quantitative estimate of drug-likeness (QED) is 0.337. The van der Waals surface area contributed by atoms with Gasteiger partial charge < -0.3 is 36.6 Å². The van der Waals surface area contributed by atoms with Crippen LogP contribution in [0.5, 0.6) is 0 Å². The van der Waals surface area contributed by atoms with Crippen LogP contribution in [0.4, 0.5) is 5.82 Å². The lowest BCUT2D eigenvalue weighted by molar-refractivity contribution is -0.939. The highest BCUT2D eigenvalue weighted by Gasteiger charge is 2.52. The molecule has 192 valence electrons. The number of rotatable bonds is 5. The summed E-state index contributed by atoms with van der Waals surface area (Å²) in [7, 11) is 0. The molecular formula is C29H30BrN3O4. The zero-order valence-corrected chi connectivity index (χ0v) is 22.1. The Hall–Kier alpha value is -3.07. The molecule has 0 saturated carbocycles. The maximum atomic E-state index is 13.8. The van der Waals surface area contributed by atoms with E-state index in [1.807, 2.05) is 60.7 Å². The van der Waals surface area contributed by atoms with Gasteiger partial charge in [-0.15, -0.1) is 0 Å². The average Bonchev–Trinajstić information content (AvgIpc) is 2.90. The van der Waals surface area contributed by atoms with Crippen LogP contribution in [0.15, 0.2) is 72.9 Å². The largest absolute Gasteiger partial charge is 1.00 e. The van der Waals surface area contributed by atoms with E-state index in [1.54, 1.807) is 12.3 Å². The molecular weight excluding hydrogens is 534 g/mol. The fourth-order valence-electron chi connectivity index (χ4n) is 6.35. The molecule has 37 heavy (non-hydrogen) atoms. The van der Waals surface area contributed by atoms with Gasteiger partial charge in [0.05, 0.1) is 13.1 Å². The Kier molecular flexibility index (Phi) is 6.91. The van der Waals surface area contributed by atoms with Crippen molar-refractivity contribution >= 4 is 17.7 Å². The van der Waals surface area contributed by atoms with Crippen molar-refractivity contribution in [1.29, 1.82) is 0 Å². The Balaban J connectivity index is 0.00000280. The molecule has 1 aliphatic carbocycles. The van der Waals surface area contributed by atoms with E-state index in [1.165, 1.54) is 0 Å². The number of carbonyl (C=O) groups excluding carboxylic acids is 2. The van der Waals surface area contributed by atoms with Crippen molar-refractivity contribution in [2.75, 3.05) is 31.5 Å². The fourth-order valence-corrected chi connectivity index (χ4v) is 6.35. The lowest BCUT2D eigenvalue weighted by Crippen LogP contribution is -3.00.